The van der Waals surface area contributed by atoms with E-state index in [1.807, 2.05) is 48.5 Å². The number of aromatic amines is 1. The van der Waals surface area contributed by atoms with E-state index in [-0.39, 0.29) is 6.67 Å². The molecule has 1 heterocycles. The number of hydrogen-bond donors (Lipinski definition) is 2. The van der Waals surface area contributed by atoms with Crippen molar-refractivity contribution in [1.82, 2.24) is 9.97 Å². The number of nitrogens with zero attached hydrogens (tertiary/aromatic N) is 1. The fourth-order valence-electron chi connectivity index (χ4n) is 2.11. The second kappa shape index (κ2) is 6.77. The molecule has 0 spiro atoms. The minimum absolute atomic E-state index is 0.298. The quantitative estimate of drug-likeness (QED) is 0.568. The number of alkyl halides is 1. The molecule has 3 rings (SSSR count). The molecule has 0 saturated heterocycles. The molecule has 0 radical (unpaired) electrons. The van der Waals surface area contributed by atoms with Gasteiger partial charge in [-0.15, -0.1) is 0 Å². The van der Waals surface area contributed by atoms with Crippen molar-refractivity contribution in [1.29, 1.82) is 0 Å². The fourth-order valence-corrected chi connectivity index (χ4v) is 2.11. The van der Waals surface area contributed by atoms with Crippen molar-refractivity contribution < 1.29 is 4.39 Å². The highest BCUT2D eigenvalue weighted by Crippen LogP contribution is 2.11. The van der Waals surface area contributed by atoms with E-state index in [0.29, 0.717) is 18.8 Å². The highest BCUT2D eigenvalue weighted by molar-refractivity contribution is 5.75. The van der Waals surface area contributed by atoms with Crippen LogP contribution in [0.1, 0.15) is 17.8 Å². The number of aromatic nitrogens is 2. The van der Waals surface area contributed by atoms with Crippen molar-refractivity contribution in [2.75, 3.05) is 18.5 Å². The summed E-state index contributed by atoms with van der Waals surface area (Å²) < 4.78 is 12.0. The van der Waals surface area contributed by atoms with E-state index >= 15 is 0 Å². The van der Waals surface area contributed by atoms with Gasteiger partial charge in [-0.3, -0.25) is 4.39 Å². The molecule has 0 aliphatic rings. The van der Waals surface area contributed by atoms with Crippen LogP contribution in [-0.4, -0.2) is 23.2 Å². The average Bonchev–Trinajstić information content (AvgIpc) is 2.97. The monoisotopic (exact) mass is 293 g/mol. The zero-order chi connectivity index (χ0) is 15.2. The summed E-state index contributed by atoms with van der Waals surface area (Å²) in [6.07, 6.45) is 0.521. The lowest BCUT2D eigenvalue weighted by atomic mass is 10.2. The molecule has 0 aliphatic carbocycles. The second-order valence-corrected chi connectivity index (χ2v) is 4.90. The van der Waals surface area contributed by atoms with Crippen LogP contribution in [0.2, 0.25) is 0 Å². The van der Waals surface area contributed by atoms with Gasteiger partial charge in [0.15, 0.2) is 5.82 Å². The van der Waals surface area contributed by atoms with Crippen LogP contribution in [0.4, 0.5) is 10.1 Å². The maximum Gasteiger partial charge on any atom is 0.184 e. The first-order valence-electron chi connectivity index (χ1n) is 7.22. The molecule has 0 fully saturated rings. The van der Waals surface area contributed by atoms with Gasteiger partial charge < -0.3 is 10.3 Å². The van der Waals surface area contributed by atoms with Crippen molar-refractivity contribution >= 4 is 16.7 Å². The molecule has 4 heteroatoms. The van der Waals surface area contributed by atoms with E-state index in [4.69, 9.17) is 0 Å². The van der Waals surface area contributed by atoms with Gasteiger partial charge in [0.05, 0.1) is 17.7 Å². The average molecular weight is 293 g/mol. The van der Waals surface area contributed by atoms with Gasteiger partial charge in [-0.2, -0.15) is 0 Å². The van der Waals surface area contributed by atoms with Crippen molar-refractivity contribution in [2.24, 2.45) is 0 Å². The highest BCUT2D eigenvalue weighted by Gasteiger charge is 1.98. The number of anilines is 1. The zero-order valence-corrected chi connectivity index (χ0v) is 12.1. The van der Waals surface area contributed by atoms with Crippen molar-refractivity contribution in [3.8, 4) is 11.8 Å². The molecule has 0 aliphatic heterocycles. The predicted octanol–water partition coefficient (Wildman–Crippen LogP) is 3.73. The van der Waals surface area contributed by atoms with E-state index in [1.165, 1.54) is 0 Å². The van der Waals surface area contributed by atoms with E-state index in [0.717, 1.165) is 22.3 Å². The molecule has 1 aromatic heterocycles. The number of hydrogen-bond acceptors (Lipinski definition) is 2. The summed E-state index contributed by atoms with van der Waals surface area (Å²) in [7, 11) is 0. The van der Waals surface area contributed by atoms with Gasteiger partial charge in [-0.05, 0) is 48.7 Å². The zero-order valence-electron chi connectivity index (χ0n) is 12.1. The molecule has 2 N–H and O–H groups in total. The molecule has 110 valence electrons. The Balaban J connectivity index is 1.70. The third-order valence-corrected chi connectivity index (χ3v) is 3.24. The van der Waals surface area contributed by atoms with Crippen LogP contribution in [0.3, 0.4) is 0 Å². The molecule has 3 nitrogen and oxygen atoms in total. The molecule has 0 atom stereocenters. The Bertz CT molecular complexity index is 776. The Morgan fingerprint density at radius 3 is 2.64 bits per heavy atom. The Morgan fingerprint density at radius 1 is 1.05 bits per heavy atom. The lowest BCUT2D eigenvalue weighted by molar-refractivity contribution is 0.481. The molecule has 0 unspecified atom stereocenters. The van der Waals surface area contributed by atoms with Gasteiger partial charge in [0.2, 0.25) is 0 Å². The summed E-state index contributed by atoms with van der Waals surface area (Å²) in [6.45, 7) is 0.342. The van der Waals surface area contributed by atoms with Crippen LogP contribution in [0, 0.1) is 11.8 Å². The van der Waals surface area contributed by atoms with Gasteiger partial charge >= 0.3 is 0 Å². The SMILES string of the molecule is FCCCNc1ccc(C#Cc2nc3ccccc3[nH]2)cc1. The Morgan fingerprint density at radius 2 is 1.86 bits per heavy atom. The number of benzene rings is 2. The number of H-pyrrole nitrogens is 1. The summed E-state index contributed by atoms with van der Waals surface area (Å²) in [5.74, 6) is 6.78. The topological polar surface area (TPSA) is 40.7 Å². The van der Waals surface area contributed by atoms with Gasteiger partial charge in [0, 0.05) is 17.8 Å². The van der Waals surface area contributed by atoms with Gasteiger partial charge in [0.1, 0.15) is 0 Å². The summed E-state index contributed by atoms with van der Waals surface area (Å²) >= 11 is 0. The molecule has 3 aromatic rings. The van der Waals surface area contributed by atoms with Crippen molar-refractivity contribution in [2.45, 2.75) is 6.42 Å². The third-order valence-electron chi connectivity index (χ3n) is 3.24. The maximum atomic E-state index is 12.0. The normalized spacial score (nSPS) is 10.2. The van der Waals surface area contributed by atoms with Gasteiger partial charge in [-0.25, -0.2) is 4.98 Å². The fraction of sp³-hybridized carbons (Fsp3) is 0.167. The summed E-state index contributed by atoms with van der Waals surface area (Å²) in [5.41, 5.74) is 3.79. The number of para-hydroxylation sites is 2. The minimum Gasteiger partial charge on any atom is -0.385 e. The minimum atomic E-state index is -0.298. The molecule has 0 bridgehead atoms. The molecular formula is C18H16FN3. The maximum absolute atomic E-state index is 12.0. The second-order valence-electron chi connectivity index (χ2n) is 4.90. The lowest BCUT2D eigenvalue weighted by Gasteiger charge is -2.04. The largest absolute Gasteiger partial charge is 0.385 e. The van der Waals surface area contributed by atoms with Gasteiger partial charge in [0.25, 0.3) is 0 Å². The lowest BCUT2D eigenvalue weighted by Crippen LogP contribution is -2.01. The van der Waals surface area contributed by atoms with Crippen molar-refractivity contribution in [3.05, 3.63) is 59.9 Å². The first kappa shape index (κ1) is 14.2. The smallest absolute Gasteiger partial charge is 0.184 e. The third kappa shape index (κ3) is 3.44. The Kier molecular flexibility index (Phi) is 4.35. The van der Waals surface area contributed by atoms with E-state index in [2.05, 4.69) is 27.1 Å². The first-order chi connectivity index (χ1) is 10.8. The number of halogens is 1. The standard InChI is InChI=1S/C18H16FN3/c19-12-3-13-20-15-9-6-14(7-10-15)8-11-18-21-16-4-1-2-5-17(16)22-18/h1-2,4-7,9-10,20H,3,12-13H2,(H,21,22). The number of nitrogens with one attached hydrogen (secondary N) is 2. The van der Waals surface area contributed by atoms with E-state index < -0.39 is 0 Å². The molecule has 2 aromatic carbocycles. The number of fused-ring (bicyclic) bond motifs is 1. The predicted molar refractivity (Wildman–Crippen MR) is 87.6 cm³/mol. The van der Waals surface area contributed by atoms with Crippen LogP contribution in [-0.2, 0) is 0 Å². The summed E-state index contributed by atoms with van der Waals surface area (Å²) in [4.78, 5) is 7.60. The van der Waals surface area contributed by atoms with Crippen LogP contribution in [0.25, 0.3) is 11.0 Å². The van der Waals surface area contributed by atoms with Crippen LogP contribution >= 0.6 is 0 Å². The number of imidazole rings is 1. The highest BCUT2D eigenvalue weighted by atomic mass is 19.1. The van der Waals surface area contributed by atoms with Crippen molar-refractivity contribution in [3.63, 3.8) is 0 Å². The molecular weight excluding hydrogens is 277 g/mol. The summed E-state index contributed by atoms with van der Waals surface area (Å²) in [5, 5.41) is 3.16. The van der Waals surface area contributed by atoms with Crippen LogP contribution in [0.15, 0.2) is 48.5 Å². The van der Waals surface area contributed by atoms with Crippen LogP contribution < -0.4 is 5.32 Å². The van der Waals surface area contributed by atoms with E-state index in [9.17, 15) is 4.39 Å². The Labute approximate surface area is 128 Å². The van der Waals surface area contributed by atoms with Crippen LogP contribution in [0.5, 0.6) is 0 Å². The van der Waals surface area contributed by atoms with E-state index in [1.54, 1.807) is 0 Å². The Hall–Kier alpha value is -2.80. The summed E-state index contributed by atoms with van der Waals surface area (Å²) in [6, 6.07) is 15.6. The molecule has 0 amide bonds. The molecule has 22 heavy (non-hydrogen) atoms. The first-order valence-corrected chi connectivity index (χ1v) is 7.22. The number of rotatable bonds is 4. The van der Waals surface area contributed by atoms with Gasteiger partial charge in [-0.1, -0.05) is 18.1 Å². The molecule has 0 saturated carbocycles.